The summed E-state index contributed by atoms with van der Waals surface area (Å²) in [5.74, 6) is -0.824. The van der Waals surface area contributed by atoms with Crippen molar-refractivity contribution in [2.45, 2.75) is 9.79 Å². The van der Waals surface area contributed by atoms with Crippen LogP contribution in [0.25, 0.3) is 0 Å². The zero-order chi connectivity index (χ0) is 13.8. The van der Waals surface area contributed by atoms with E-state index >= 15 is 0 Å². The lowest BCUT2D eigenvalue weighted by molar-refractivity contribution is 0.0693. The van der Waals surface area contributed by atoms with Gasteiger partial charge in [-0.3, -0.25) is 0 Å². The topological polar surface area (TPSA) is 46.5 Å². The van der Waals surface area contributed by atoms with Gasteiger partial charge in [0.1, 0.15) is 11.6 Å². The molecule has 2 aromatic carbocycles. The predicted molar refractivity (Wildman–Crippen MR) is 70.5 cm³/mol. The molecular formula is C14H11FO3S. The van der Waals surface area contributed by atoms with Crippen molar-refractivity contribution < 1.29 is 19.0 Å². The van der Waals surface area contributed by atoms with E-state index in [0.717, 1.165) is 0 Å². The summed E-state index contributed by atoms with van der Waals surface area (Å²) in [6.45, 7) is 0. The highest BCUT2D eigenvalue weighted by atomic mass is 32.2. The fourth-order valence-electron chi connectivity index (χ4n) is 1.55. The summed E-state index contributed by atoms with van der Waals surface area (Å²) in [5.41, 5.74) is 0.162. The molecule has 5 heteroatoms. The molecule has 0 radical (unpaired) electrons. The summed E-state index contributed by atoms with van der Waals surface area (Å²) >= 11 is 1.19. The van der Waals surface area contributed by atoms with Crippen molar-refractivity contribution in [3.63, 3.8) is 0 Å². The highest BCUT2D eigenvalue weighted by molar-refractivity contribution is 7.99. The van der Waals surface area contributed by atoms with E-state index in [2.05, 4.69) is 0 Å². The molecular weight excluding hydrogens is 267 g/mol. The zero-order valence-electron chi connectivity index (χ0n) is 10.1. The van der Waals surface area contributed by atoms with E-state index in [4.69, 9.17) is 9.84 Å². The van der Waals surface area contributed by atoms with Gasteiger partial charge in [0, 0.05) is 9.79 Å². The van der Waals surface area contributed by atoms with E-state index in [1.54, 1.807) is 24.3 Å². The number of aromatic carboxylic acids is 1. The first kappa shape index (κ1) is 13.4. The Morgan fingerprint density at radius 2 is 2.05 bits per heavy atom. The number of rotatable bonds is 4. The van der Waals surface area contributed by atoms with Crippen LogP contribution in [0.4, 0.5) is 4.39 Å². The Morgan fingerprint density at radius 3 is 2.68 bits per heavy atom. The van der Waals surface area contributed by atoms with Gasteiger partial charge in [0.05, 0.1) is 12.7 Å². The third-order valence-electron chi connectivity index (χ3n) is 2.44. The molecule has 0 aliphatic rings. The number of benzene rings is 2. The fraction of sp³-hybridized carbons (Fsp3) is 0.0714. The second-order valence-corrected chi connectivity index (χ2v) is 4.84. The van der Waals surface area contributed by atoms with Crippen molar-refractivity contribution in [3.8, 4) is 5.75 Å². The molecule has 0 fully saturated rings. The lowest BCUT2D eigenvalue weighted by Crippen LogP contribution is -1.99. The largest absolute Gasteiger partial charge is 0.497 e. The van der Waals surface area contributed by atoms with Crippen LogP contribution in [0, 0.1) is 5.82 Å². The van der Waals surface area contributed by atoms with Crippen molar-refractivity contribution in [2.24, 2.45) is 0 Å². The number of carbonyl (C=O) groups is 1. The summed E-state index contributed by atoms with van der Waals surface area (Å²) in [6, 6.07) is 10.7. The minimum atomic E-state index is -1.03. The minimum Gasteiger partial charge on any atom is -0.497 e. The standard InChI is InChI=1S/C14H11FO3S/c1-18-10-5-6-12(14(16)17)13(8-10)19-11-4-2-3-9(15)7-11/h2-8H,1H3,(H,16,17). The smallest absolute Gasteiger partial charge is 0.336 e. The minimum absolute atomic E-state index is 0.162. The Labute approximate surface area is 114 Å². The molecule has 19 heavy (non-hydrogen) atoms. The van der Waals surface area contributed by atoms with E-state index in [1.807, 2.05) is 0 Å². The summed E-state index contributed by atoms with van der Waals surface area (Å²) < 4.78 is 18.2. The first-order valence-electron chi connectivity index (χ1n) is 5.45. The maximum atomic E-state index is 13.1. The number of carboxylic acid groups (broad SMARTS) is 1. The average Bonchev–Trinajstić information content (AvgIpc) is 2.38. The second-order valence-electron chi connectivity index (χ2n) is 3.73. The lowest BCUT2D eigenvalue weighted by Gasteiger charge is -2.08. The number of hydrogen-bond acceptors (Lipinski definition) is 3. The van der Waals surface area contributed by atoms with E-state index < -0.39 is 5.97 Å². The molecule has 0 aliphatic carbocycles. The molecule has 0 saturated carbocycles. The molecule has 0 heterocycles. The molecule has 2 rings (SSSR count). The van der Waals surface area contributed by atoms with Crippen molar-refractivity contribution in [1.82, 2.24) is 0 Å². The van der Waals surface area contributed by atoms with Crippen molar-refractivity contribution in [3.05, 3.63) is 53.8 Å². The van der Waals surface area contributed by atoms with E-state index in [0.29, 0.717) is 15.5 Å². The Kier molecular flexibility index (Phi) is 4.06. The molecule has 2 aromatic rings. The summed E-state index contributed by atoms with van der Waals surface area (Å²) in [4.78, 5) is 12.3. The number of methoxy groups -OCH3 is 1. The van der Waals surface area contributed by atoms with Crippen LogP contribution in [0.2, 0.25) is 0 Å². The van der Waals surface area contributed by atoms with Gasteiger partial charge in [-0.1, -0.05) is 17.8 Å². The van der Waals surface area contributed by atoms with Gasteiger partial charge in [0.15, 0.2) is 0 Å². The normalized spacial score (nSPS) is 10.2. The average molecular weight is 278 g/mol. The lowest BCUT2D eigenvalue weighted by atomic mass is 10.2. The van der Waals surface area contributed by atoms with Gasteiger partial charge in [-0.15, -0.1) is 0 Å². The van der Waals surface area contributed by atoms with Crippen molar-refractivity contribution in [2.75, 3.05) is 7.11 Å². The molecule has 0 saturated heterocycles. The molecule has 0 amide bonds. The first-order chi connectivity index (χ1) is 9.10. The number of carboxylic acids is 1. The first-order valence-corrected chi connectivity index (χ1v) is 6.26. The van der Waals surface area contributed by atoms with Gasteiger partial charge in [-0.2, -0.15) is 0 Å². The Bertz CT molecular complexity index is 613. The van der Waals surface area contributed by atoms with Gasteiger partial charge in [-0.25, -0.2) is 9.18 Å². The predicted octanol–water partition coefficient (Wildman–Crippen LogP) is 3.68. The SMILES string of the molecule is COc1ccc(C(=O)O)c(Sc2cccc(F)c2)c1. The van der Waals surface area contributed by atoms with Gasteiger partial charge in [-0.05, 0) is 36.4 Å². The quantitative estimate of drug-likeness (QED) is 0.926. The Morgan fingerprint density at radius 1 is 1.26 bits per heavy atom. The number of ether oxygens (including phenoxy) is 1. The van der Waals surface area contributed by atoms with Crippen LogP contribution in [0.15, 0.2) is 52.3 Å². The van der Waals surface area contributed by atoms with Gasteiger partial charge < -0.3 is 9.84 Å². The maximum absolute atomic E-state index is 13.1. The molecule has 0 aliphatic heterocycles. The number of hydrogen-bond donors (Lipinski definition) is 1. The van der Waals surface area contributed by atoms with Gasteiger partial charge >= 0.3 is 5.97 Å². The van der Waals surface area contributed by atoms with Crippen LogP contribution >= 0.6 is 11.8 Å². The molecule has 0 atom stereocenters. The maximum Gasteiger partial charge on any atom is 0.336 e. The van der Waals surface area contributed by atoms with Crippen LogP contribution < -0.4 is 4.74 Å². The molecule has 0 bridgehead atoms. The molecule has 3 nitrogen and oxygen atoms in total. The Balaban J connectivity index is 2.39. The van der Waals surface area contributed by atoms with Crippen LogP contribution in [0.1, 0.15) is 10.4 Å². The highest BCUT2D eigenvalue weighted by Gasteiger charge is 2.12. The van der Waals surface area contributed by atoms with E-state index in [-0.39, 0.29) is 11.4 Å². The molecule has 0 spiro atoms. The van der Waals surface area contributed by atoms with Crippen molar-refractivity contribution in [1.29, 1.82) is 0 Å². The number of halogens is 1. The van der Waals surface area contributed by atoms with Gasteiger partial charge in [0.25, 0.3) is 0 Å². The summed E-state index contributed by atoms with van der Waals surface area (Å²) in [7, 11) is 1.51. The Hall–Kier alpha value is -2.01. The van der Waals surface area contributed by atoms with Crippen LogP contribution in [0.3, 0.4) is 0 Å². The molecule has 0 unspecified atom stereocenters. The second kappa shape index (κ2) is 5.75. The van der Waals surface area contributed by atoms with Crippen LogP contribution in [-0.2, 0) is 0 Å². The van der Waals surface area contributed by atoms with E-state index in [9.17, 15) is 9.18 Å². The third kappa shape index (κ3) is 3.26. The monoisotopic (exact) mass is 278 g/mol. The van der Waals surface area contributed by atoms with Crippen molar-refractivity contribution >= 4 is 17.7 Å². The third-order valence-corrected chi connectivity index (χ3v) is 3.49. The molecule has 1 N–H and O–H groups in total. The van der Waals surface area contributed by atoms with Crippen LogP contribution in [0.5, 0.6) is 5.75 Å². The van der Waals surface area contributed by atoms with Gasteiger partial charge in [0.2, 0.25) is 0 Å². The fourth-order valence-corrected chi connectivity index (χ4v) is 2.56. The zero-order valence-corrected chi connectivity index (χ0v) is 10.9. The molecule has 0 aromatic heterocycles. The highest BCUT2D eigenvalue weighted by Crippen LogP contribution is 2.33. The van der Waals surface area contributed by atoms with Crippen LogP contribution in [-0.4, -0.2) is 18.2 Å². The molecule has 98 valence electrons. The summed E-state index contributed by atoms with van der Waals surface area (Å²) in [6.07, 6.45) is 0. The van der Waals surface area contributed by atoms with E-state index in [1.165, 1.54) is 37.1 Å². The summed E-state index contributed by atoms with van der Waals surface area (Å²) in [5, 5.41) is 9.13.